The summed E-state index contributed by atoms with van der Waals surface area (Å²) in [6.07, 6.45) is 12.9. The number of para-hydroxylation sites is 1. The van der Waals surface area contributed by atoms with Gasteiger partial charge >= 0.3 is 6.09 Å². The number of aromatic nitrogens is 2. The number of likely N-dealkylation sites (tertiary alicyclic amines) is 1. The van der Waals surface area contributed by atoms with Crippen LogP contribution >= 0.6 is 0 Å². The van der Waals surface area contributed by atoms with Crippen molar-refractivity contribution in [3.8, 4) is 11.5 Å². The molecule has 7 heteroatoms. The van der Waals surface area contributed by atoms with Gasteiger partial charge in [-0.1, -0.05) is 12.1 Å². The molecule has 1 N–H and O–H groups in total. The van der Waals surface area contributed by atoms with Gasteiger partial charge in [0, 0.05) is 43.1 Å². The van der Waals surface area contributed by atoms with E-state index in [0.717, 1.165) is 80.7 Å². The van der Waals surface area contributed by atoms with Gasteiger partial charge in [-0.25, -0.2) is 4.79 Å². The predicted octanol–water partition coefficient (Wildman–Crippen LogP) is 5.21. The SMILES string of the molecule is O=C(N[C@H]1CC[C@H](CCN2CCC(Oc3ccncc3)CC2)CC1)Oc1ccnc2ccccc12. The molecule has 0 atom stereocenters. The van der Waals surface area contributed by atoms with Crippen LogP contribution in [0.15, 0.2) is 61.1 Å². The Morgan fingerprint density at radius 2 is 1.71 bits per heavy atom. The number of benzene rings is 1. The normalized spacial score (nSPS) is 21.5. The van der Waals surface area contributed by atoms with E-state index in [4.69, 9.17) is 9.47 Å². The third-order valence-corrected chi connectivity index (χ3v) is 7.32. The number of hydrogen-bond acceptors (Lipinski definition) is 6. The highest BCUT2D eigenvalue weighted by atomic mass is 16.6. The molecule has 3 aromatic rings. The van der Waals surface area contributed by atoms with E-state index in [1.54, 1.807) is 24.7 Å². The molecule has 3 heterocycles. The molecule has 2 aromatic heterocycles. The van der Waals surface area contributed by atoms with Crippen molar-refractivity contribution in [2.24, 2.45) is 5.92 Å². The van der Waals surface area contributed by atoms with Crippen LogP contribution in [-0.2, 0) is 0 Å². The van der Waals surface area contributed by atoms with Gasteiger partial charge < -0.3 is 19.7 Å². The molecule has 2 aliphatic rings. The van der Waals surface area contributed by atoms with Crippen LogP contribution in [0.3, 0.4) is 0 Å². The molecule has 1 amide bonds. The fourth-order valence-corrected chi connectivity index (χ4v) is 5.28. The van der Waals surface area contributed by atoms with Crippen molar-refractivity contribution in [3.05, 3.63) is 61.1 Å². The van der Waals surface area contributed by atoms with Gasteiger partial charge in [-0.05, 0) is 87.7 Å². The summed E-state index contributed by atoms with van der Waals surface area (Å²) in [7, 11) is 0. The lowest BCUT2D eigenvalue weighted by Gasteiger charge is -2.34. The Balaban J connectivity index is 0.991. The zero-order valence-corrected chi connectivity index (χ0v) is 20.1. The van der Waals surface area contributed by atoms with Crippen molar-refractivity contribution in [2.75, 3.05) is 19.6 Å². The highest BCUT2D eigenvalue weighted by Crippen LogP contribution is 2.28. The molecule has 2 fully saturated rings. The van der Waals surface area contributed by atoms with Crippen LogP contribution in [0.4, 0.5) is 4.79 Å². The summed E-state index contributed by atoms with van der Waals surface area (Å²) in [6, 6.07) is 13.5. The Labute approximate surface area is 206 Å². The van der Waals surface area contributed by atoms with E-state index >= 15 is 0 Å². The summed E-state index contributed by atoms with van der Waals surface area (Å²) in [5.74, 6) is 2.21. The van der Waals surface area contributed by atoms with E-state index in [9.17, 15) is 4.79 Å². The molecule has 5 rings (SSSR count). The molecule has 1 aliphatic heterocycles. The number of rotatable bonds is 7. The van der Waals surface area contributed by atoms with Gasteiger partial charge in [0.05, 0.1) is 5.52 Å². The molecule has 0 unspecified atom stereocenters. The quantitative estimate of drug-likeness (QED) is 0.507. The molecule has 0 radical (unpaired) electrons. The van der Waals surface area contributed by atoms with Gasteiger partial charge in [-0.15, -0.1) is 0 Å². The summed E-state index contributed by atoms with van der Waals surface area (Å²) < 4.78 is 11.7. The van der Waals surface area contributed by atoms with Gasteiger partial charge in [-0.2, -0.15) is 0 Å². The maximum absolute atomic E-state index is 12.5. The summed E-state index contributed by atoms with van der Waals surface area (Å²) in [5.41, 5.74) is 0.823. The summed E-state index contributed by atoms with van der Waals surface area (Å²) in [6.45, 7) is 3.35. The first-order valence-corrected chi connectivity index (χ1v) is 12.8. The highest BCUT2D eigenvalue weighted by Gasteiger charge is 2.25. The molecule has 35 heavy (non-hydrogen) atoms. The second-order valence-corrected chi connectivity index (χ2v) is 9.71. The predicted molar refractivity (Wildman–Crippen MR) is 136 cm³/mol. The number of ether oxygens (including phenoxy) is 2. The van der Waals surface area contributed by atoms with Gasteiger partial charge in [0.1, 0.15) is 17.6 Å². The first kappa shape index (κ1) is 23.5. The van der Waals surface area contributed by atoms with Crippen LogP contribution in [0.25, 0.3) is 10.9 Å². The number of carbonyl (C=O) groups excluding carboxylic acids is 1. The number of nitrogens with zero attached hydrogens (tertiary/aromatic N) is 3. The third-order valence-electron chi connectivity index (χ3n) is 7.32. The van der Waals surface area contributed by atoms with E-state index in [1.165, 1.54) is 6.42 Å². The average molecular weight is 475 g/mol. The zero-order valence-electron chi connectivity index (χ0n) is 20.1. The van der Waals surface area contributed by atoms with E-state index in [2.05, 4.69) is 20.2 Å². The Hall–Kier alpha value is -3.19. The number of amides is 1. The second kappa shape index (κ2) is 11.5. The number of fused-ring (bicyclic) bond motifs is 1. The van der Waals surface area contributed by atoms with Gasteiger partial charge in [0.15, 0.2) is 0 Å². The van der Waals surface area contributed by atoms with Crippen LogP contribution < -0.4 is 14.8 Å². The molecule has 7 nitrogen and oxygen atoms in total. The van der Waals surface area contributed by atoms with Crippen molar-refractivity contribution in [2.45, 2.75) is 57.1 Å². The lowest BCUT2D eigenvalue weighted by Crippen LogP contribution is -2.41. The standard InChI is InChI=1S/C28H34N4O3/c33-28(35-27-11-17-30-26-4-2-1-3-25(26)27)31-22-7-5-21(6-8-22)12-18-32-19-13-24(14-20-32)34-23-9-15-29-16-10-23/h1-4,9-11,15-17,21-22,24H,5-8,12-14,18-20H2,(H,31,33)/t21-,22-. The zero-order chi connectivity index (χ0) is 23.9. The molecule has 1 aromatic carbocycles. The fraction of sp³-hybridized carbons (Fsp3) is 0.464. The average Bonchev–Trinajstić information content (AvgIpc) is 2.90. The minimum Gasteiger partial charge on any atom is -0.490 e. The van der Waals surface area contributed by atoms with E-state index in [1.807, 2.05) is 36.4 Å². The minimum atomic E-state index is -0.373. The summed E-state index contributed by atoms with van der Waals surface area (Å²) in [4.78, 5) is 23.5. The van der Waals surface area contributed by atoms with Gasteiger partial charge in [0.2, 0.25) is 0 Å². The van der Waals surface area contributed by atoms with Crippen LogP contribution in [-0.4, -0.2) is 52.7 Å². The molecule has 184 valence electrons. The highest BCUT2D eigenvalue weighted by molar-refractivity contribution is 5.87. The third kappa shape index (κ3) is 6.48. The molecule has 1 saturated heterocycles. The lowest BCUT2D eigenvalue weighted by molar-refractivity contribution is 0.0948. The number of carbonyl (C=O) groups is 1. The van der Waals surface area contributed by atoms with Crippen molar-refractivity contribution in [1.29, 1.82) is 0 Å². The van der Waals surface area contributed by atoms with Crippen molar-refractivity contribution < 1.29 is 14.3 Å². The topological polar surface area (TPSA) is 76.6 Å². The summed E-state index contributed by atoms with van der Waals surface area (Å²) in [5, 5.41) is 3.92. The Kier molecular flexibility index (Phi) is 7.73. The van der Waals surface area contributed by atoms with Crippen molar-refractivity contribution in [1.82, 2.24) is 20.2 Å². The van der Waals surface area contributed by atoms with Gasteiger partial charge in [0.25, 0.3) is 0 Å². The summed E-state index contributed by atoms with van der Waals surface area (Å²) >= 11 is 0. The lowest BCUT2D eigenvalue weighted by atomic mass is 9.84. The van der Waals surface area contributed by atoms with E-state index in [-0.39, 0.29) is 12.1 Å². The molecule has 1 saturated carbocycles. The monoisotopic (exact) mass is 474 g/mol. The smallest absolute Gasteiger partial charge is 0.412 e. The van der Waals surface area contributed by atoms with Crippen LogP contribution in [0.2, 0.25) is 0 Å². The molecular formula is C28H34N4O3. The molecular weight excluding hydrogens is 440 g/mol. The number of piperidine rings is 1. The fourth-order valence-electron chi connectivity index (χ4n) is 5.28. The largest absolute Gasteiger partial charge is 0.490 e. The van der Waals surface area contributed by atoms with Crippen molar-refractivity contribution in [3.63, 3.8) is 0 Å². The van der Waals surface area contributed by atoms with Crippen molar-refractivity contribution >= 4 is 17.0 Å². The first-order valence-electron chi connectivity index (χ1n) is 12.8. The first-order chi connectivity index (χ1) is 17.2. The Bertz CT molecular complexity index is 1090. The molecule has 1 aliphatic carbocycles. The minimum absolute atomic E-state index is 0.188. The number of pyridine rings is 2. The van der Waals surface area contributed by atoms with E-state index < -0.39 is 0 Å². The van der Waals surface area contributed by atoms with Crippen LogP contribution in [0.1, 0.15) is 44.9 Å². The Morgan fingerprint density at radius 3 is 2.51 bits per heavy atom. The second-order valence-electron chi connectivity index (χ2n) is 9.71. The maximum atomic E-state index is 12.5. The Morgan fingerprint density at radius 1 is 0.943 bits per heavy atom. The number of hydrogen-bond donors (Lipinski definition) is 1. The van der Waals surface area contributed by atoms with E-state index in [0.29, 0.717) is 11.9 Å². The maximum Gasteiger partial charge on any atom is 0.412 e. The van der Waals surface area contributed by atoms with Crippen LogP contribution in [0, 0.1) is 5.92 Å². The van der Waals surface area contributed by atoms with Gasteiger partial charge in [-0.3, -0.25) is 9.97 Å². The van der Waals surface area contributed by atoms with Crippen LogP contribution in [0.5, 0.6) is 11.5 Å². The molecule has 0 spiro atoms. The molecule has 0 bridgehead atoms. The number of nitrogens with one attached hydrogen (secondary N) is 1.